The number of nitrogens with two attached hydrogens (primary N) is 2. The van der Waals surface area contributed by atoms with E-state index in [0.29, 0.717) is 11.6 Å². The van der Waals surface area contributed by atoms with E-state index in [0.717, 1.165) is 40.7 Å². The SMILES string of the molecule is [CH2]c1ccc(C(=N)N)c(-c2ccccc2N)c1CCC(C)C. The molecule has 0 heterocycles. The molecule has 0 amide bonds. The van der Waals surface area contributed by atoms with Crippen molar-refractivity contribution in [2.75, 3.05) is 5.73 Å². The van der Waals surface area contributed by atoms with Gasteiger partial charge in [0.1, 0.15) is 5.84 Å². The molecule has 0 spiro atoms. The topological polar surface area (TPSA) is 75.9 Å². The summed E-state index contributed by atoms with van der Waals surface area (Å²) in [5.74, 6) is 0.658. The molecule has 0 aliphatic carbocycles. The zero-order chi connectivity index (χ0) is 16.3. The summed E-state index contributed by atoms with van der Waals surface area (Å²) < 4.78 is 0. The number of nitrogens with one attached hydrogen (secondary N) is 1. The lowest BCUT2D eigenvalue weighted by Crippen LogP contribution is -2.15. The second-order valence-electron chi connectivity index (χ2n) is 6.06. The van der Waals surface area contributed by atoms with Crippen molar-refractivity contribution in [1.29, 1.82) is 5.41 Å². The van der Waals surface area contributed by atoms with Crippen LogP contribution >= 0.6 is 0 Å². The summed E-state index contributed by atoms with van der Waals surface area (Å²) in [5.41, 5.74) is 17.4. The summed E-state index contributed by atoms with van der Waals surface area (Å²) in [6.45, 7) is 8.57. The number of nitrogen functional groups attached to an aromatic ring is 2. The van der Waals surface area contributed by atoms with Crippen molar-refractivity contribution in [2.45, 2.75) is 26.7 Å². The Hall–Kier alpha value is -2.29. The van der Waals surface area contributed by atoms with Gasteiger partial charge in [-0.3, -0.25) is 5.41 Å². The molecule has 0 saturated heterocycles. The number of anilines is 1. The minimum atomic E-state index is 0.0593. The van der Waals surface area contributed by atoms with Gasteiger partial charge in [-0.2, -0.15) is 0 Å². The van der Waals surface area contributed by atoms with E-state index in [1.54, 1.807) is 0 Å². The van der Waals surface area contributed by atoms with Gasteiger partial charge < -0.3 is 11.5 Å². The van der Waals surface area contributed by atoms with Crippen molar-refractivity contribution < 1.29 is 0 Å². The van der Waals surface area contributed by atoms with E-state index < -0.39 is 0 Å². The van der Waals surface area contributed by atoms with E-state index in [1.807, 2.05) is 36.4 Å². The fourth-order valence-corrected chi connectivity index (χ4v) is 2.67. The van der Waals surface area contributed by atoms with Crippen LogP contribution in [0.1, 0.15) is 37.0 Å². The second-order valence-corrected chi connectivity index (χ2v) is 6.06. The smallest absolute Gasteiger partial charge is 0.123 e. The average Bonchev–Trinajstić information content (AvgIpc) is 2.45. The maximum atomic E-state index is 7.90. The van der Waals surface area contributed by atoms with Crippen molar-refractivity contribution >= 4 is 11.5 Å². The minimum Gasteiger partial charge on any atom is -0.398 e. The van der Waals surface area contributed by atoms with Gasteiger partial charge >= 0.3 is 0 Å². The van der Waals surface area contributed by atoms with Gasteiger partial charge in [0.05, 0.1) is 0 Å². The van der Waals surface area contributed by atoms with Gasteiger partial charge in [-0.1, -0.05) is 44.2 Å². The summed E-state index contributed by atoms with van der Waals surface area (Å²) in [6.07, 6.45) is 1.96. The van der Waals surface area contributed by atoms with Crippen molar-refractivity contribution in [3.05, 3.63) is 60.0 Å². The van der Waals surface area contributed by atoms with Crippen LogP contribution in [-0.2, 0) is 6.42 Å². The molecule has 1 radical (unpaired) electrons. The monoisotopic (exact) mass is 294 g/mol. The first-order valence-electron chi connectivity index (χ1n) is 7.59. The highest BCUT2D eigenvalue weighted by atomic mass is 14.7. The fourth-order valence-electron chi connectivity index (χ4n) is 2.67. The molecular weight excluding hydrogens is 270 g/mol. The highest BCUT2D eigenvalue weighted by molar-refractivity contribution is 6.04. The Morgan fingerprint density at radius 3 is 2.45 bits per heavy atom. The Labute approximate surface area is 132 Å². The quantitative estimate of drug-likeness (QED) is 0.443. The second kappa shape index (κ2) is 6.65. The summed E-state index contributed by atoms with van der Waals surface area (Å²) >= 11 is 0. The largest absolute Gasteiger partial charge is 0.398 e. The van der Waals surface area contributed by atoms with E-state index in [4.69, 9.17) is 16.9 Å². The van der Waals surface area contributed by atoms with Crippen LogP contribution in [0.5, 0.6) is 0 Å². The van der Waals surface area contributed by atoms with Crippen molar-refractivity contribution in [3.63, 3.8) is 0 Å². The number of amidine groups is 1. The Bertz CT molecular complexity index is 687. The summed E-state index contributed by atoms with van der Waals surface area (Å²) in [5, 5.41) is 7.90. The first-order chi connectivity index (χ1) is 10.4. The van der Waals surface area contributed by atoms with Gasteiger partial charge in [-0.15, -0.1) is 0 Å². The fraction of sp³-hybridized carbons (Fsp3) is 0.263. The molecule has 0 aliphatic rings. The summed E-state index contributed by atoms with van der Waals surface area (Å²) in [6, 6.07) is 11.5. The van der Waals surface area contributed by atoms with Crippen molar-refractivity contribution in [2.24, 2.45) is 11.7 Å². The standard InChI is InChI=1S/C19H24N3/c1-12(2)8-10-14-13(3)9-11-16(19(21)22)18(14)15-6-4-5-7-17(15)20/h4-7,9,11-12H,3,8,10,20H2,1-2H3,(H3,21,22). The first kappa shape index (κ1) is 16.1. The van der Waals surface area contributed by atoms with Crippen LogP contribution in [0.2, 0.25) is 0 Å². The van der Waals surface area contributed by atoms with Crippen LogP contribution in [0.3, 0.4) is 0 Å². The maximum Gasteiger partial charge on any atom is 0.123 e. The highest BCUT2D eigenvalue weighted by Gasteiger charge is 2.17. The molecule has 0 saturated carbocycles. The number of rotatable bonds is 5. The van der Waals surface area contributed by atoms with Crippen LogP contribution in [0.4, 0.5) is 5.69 Å². The van der Waals surface area contributed by atoms with E-state index in [2.05, 4.69) is 20.8 Å². The maximum absolute atomic E-state index is 7.90. The lowest BCUT2D eigenvalue weighted by atomic mass is 9.86. The van der Waals surface area contributed by atoms with Gasteiger partial charge in [0.2, 0.25) is 0 Å². The predicted molar refractivity (Wildman–Crippen MR) is 94.9 cm³/mol. The predicted octanol–water partition coefficient (Wildman–Crippen LogP) is 3.99. The molecule has 5 N–H and O–H groups in total. The number of benzene rings is 2. The van der Waals surface area contributed by atoms with Crippen LogP contribution in [0, 0.1) is 18.3 Å². The van der Waals surface area contributed by atoms with Gasteiger partial charge in [0, 0.05) is 16.8 Å². The molecule has 3 heteroatoms. The first-order valence-corrected chi connectivity index (χ1v) is 7.59. The third-order valence-corrected chi connectivity index (χ3v) is 3.90. The van der Waals surface area contributed by atoms with Gasteiger partial charge in [-0.05, 0) is 48.4 Å². The van der Waals surface area contributed by atoms with Gasteiger partial charge in [-0.25, -0.2) is 0 Å². The molecule has 0 bridgehead atoms. The molecule has 2 aromatic rings. The summed E-state index contributed by atoms with van der Waals surface area (Å²) in [7, 11) is 0. The van der Waals surface area contributed by atoms with Crippen LogP contribution < -0.4 is 11.5 Å². The number of hydrogen-bond donors (Lipinski definition) is 3. The summed E-state index contributed by atoms with van der Waals surface area (Å²) in [4.78, 5) is 0. The Morgan fingerprint density at radius 1 is 1.18 bits per heavy atom. The zero-order valence-electron chi connectivity index (χ0n) is 13.3. The third kappa shape index (κ3) is 3.30. The van der Waals surface area contributed by atoms with E-state index in [-0.39, 0.29) is 5.84 Å². The Balaban J connectivity index is 2.69. The van der Waals surface area contributed by atoms with Crippen LogP contribution in [-0.4, -0.2) is 5.84 Å². The lowest BCUT2D eigenvalue weighted by molar-refractivity contribution is 0.586. The molecule has 0 fully saturated rings. The highest BCUT2D eigenvalue weighted by Crippen LogP contribution is 2.34. The molecule has 0 aromatic heterocycles. The van der Waals surface area contributed by atoms with Crippen molar-refractivity contribution in [1.82, 2.24) is 0 Å². The van der Waals surface area contributed by atoms with Crippen LogP contribution in [0.25, 0.3) is 11.1 Å². The number of hydrogen-bond acceptors (Lipinski definition) is 2. The Morgan fingerprint density at radius 2 is 1.86 bits per heavy atom. The molecule has 2 rings (SSSR count). The van der Waals surface area contributed by atoms with Crippen molar-refractivity contribution in [3.8, 4) is 11.1 Å². The normalized spacial score (nSPS) is 10.9. The molecular formula is C19H24N3. The molecule has 0 atom stereocenters. The van der Waals surface area contributed by atoms with E-state index in [9.17, 15) is 0 Å². The molecule has 3 nitrogen and oxygen atoms in total. The molecule has 0 unspecified atom stereocenters. The lowest BCUT2D eigenvalue weighted by Gasteiger charge is -2.19. The van der Waals surface area contributed by atoms with Gasteiger partial charge in [0.15, 0.2) is 0 Å². The minimum absolute atomic E-state index is 0.0593. The number of para-hydroxylation sites is 1. The molecule has 115 valence electrons. The van der Waals surface area contributed by atoms with Gasteiger partial charge in [0.25, 0.3) is 0 Å². The van der Waals surface area contributed by atoms with E-state index >= 15 is 0 Å². The average molecular weight is 294 g/mol. The van der Waals surface area contributed by atoms with E-state index in [1.165, 1.54) is 0 Å². The molecule has 22 heavy (non-hydrogen) atoms. The third-order valence-electron chi connectivity index (χ3n) is 3.90. The zero-order valence-corrected chi connectivity index (χ0v) is 13.3. The Kier molecular flexibility index (Phi) is 4.86. The van der Waals surface area contributed by atoms with Crippen LogP contribution in [0.15, 0.2) is 36.4 Å². The molecule has 2 aromatic carbocycles. The molecule has 0 aliphatic heterocycles.